The minimum atomic E-state index is -0.353. The number of nitrogens with one attached hydrogen (secondary N) is 2. The lowest BCUT2D eigenvalue weighted by molar-refractivity contribution is -0.116. The van der Waals surface area contributed by atoms with Crippen LogP contribution in [0.1, 0.15) is 12.0 Å². The number of aryl methyl sites for hydroxylation is 1. The molecule has 0 radical (unpaired) electrons. The molecule has 7 heteroatoms. The van der Waals surface area contributed by atoms with Crippen LogP contribution in [-0.4, -0.2) is 26.1 Å². The molecule has 4 rings (SSSR count). The van der Waals surface area contributed by atoms with E-state index < -0.39 is 0 Å². The SMILES string of the molecule is O=C(CCc1ccccc1)Nc1nnc2c(n1)[nH]c1ccc(F)cc12. The Morgan fingerprint density at radius 3 is 2.80 bits per heavy atom. The summed E-state index contributed by atoms with van der Waals surface area (Å²) in [6.07, 6.45) is 0.956. The van der Waals surface area contributed by atoms with Crippen LogP contribution in [0.15, 0.2) is 48.5 Å². The number of amides is 1. The second-order valence-corrected chi connectivity index (χ2v) is 5.68. The molecule has 124 valence electrons. The van der Waals surface area contributed by atoms with E-state index in [0.717, 1.165) is 5.56 Å². The van der Waals surface area contributed by atoms with E-state index in [1.165, 1.54) is 12.1 Å². The molecular weight excluding hydrogens is 321 g/mol. The van der Waals surface area contributed by atoms with Gasteiger partial charge in [0.1, 0.15) is 11.3 Å². The lowest BCUT2D eigenvalue weighted by Crippen LogP contribution is -2.15. The summed E-state index contributed by atoms with van der Waals surface area (Å²) in [5.74, 6) is -0.418. The van der Waals surface area contributed by atoms with E-state index >= 15 is 0 Å². The maximum absolute atomic E-state index is 13.4. The Morgan fingerprint density at radius 2 is 1.96 bits per heavy atom. The van der Waals surface area contributed by atoms with Crippen molar-refractivity contribution in [2.75, 3.05) is 5.32 Å². The van der Waals surface area contributed by atoms with Crippen molar-refractivity contribution in [1.82, 2.24) is 20.2 Å². The van der Waals surface area contributed by atoms with Gasteiger partial charge in [0.15, 0.2) is 5.65 Å². The number of fused-ring (bicyclic) bond motifs is 3. The van der Waals surface area contributed by atoms with E-state index in [9.17, 15) is 9.18 Å². The van der Waals surface area contributed by atoms with Gasteiger partial charge in [0.05, 0.1) is 0 Å². The highest BCUT2D eigenvalue weighted by Gasteiger charge is 2.11. The van der Waals surface area contributed by atoms with E-state index in [4.69, 9.17) is 0 Å². The third-order valence-corrected chi connectivity index (χ3v) is 3.91. The van der Waals surface area contributed by atoms with Crippen molar-refractivity contribution in [3.8, 4) is 0 Å². The fraction of sp³-hybridized carbons (Fsp3) is 0.111. The van der Waals surface area contributed by atoms with Crippen molar-refractivity contribution in [2.45, 2.75) is 12.8 Å². The Morgan fingerprint density at radius 1 is 1.12 bits per heavy atom. The molecule has 25 heavy (non-hydrogen) atoms. The summed E-state index contributed by atoms with van der Waals surface area (Å²) in [5, 5.41) is 11.2. The molecule has 0 bridgehead atoms. The van der Waals surface area contributed by atoms with Gasteiger partial charge in [0, 0.05) is 17.3 Å². The number of halogens is 1. The smallest absolute Gasteiger partial charge is 0.251 e. The van der Waals surface area contributed by atoms with Crippen LogP contribution >= 0.6 is 0 Å². The summed E-state index contributed by atoms with van der Waals surface area (Å²) in [5.41, 5.74) is 2.72. The second kappa shape index (κ2) is 6.27. The molecule has 2 N–H and O–H groups in total. The monoisotopic (exact) mass is 335 g/mol. The molecule has 0 fully saturated rings. The molecule has 2 heterocycles. The van der Waals surface area contributed by atoms with Gasteiger partial charge in [-0.05, 0) is 30.2 Å². The summed E-state index contributed by atoms with van der Waals surface area (Å²) in [7, 11) is 0. The average molecular weight is 335 g/mol. The zero-order valence-electron chi connectivity index (χ0n) is 13.2. The molecule has 2 aromatic carbocycles. The van der Waals surface area contributed by atoms with Gasteiger partial charge < -0.3 is 4.98 Å². The van der Waals surface area contributed by atoms with Crippen LogP contribution in [-0.2, 0) is 11.2 Å². The maximum atomic E-state index is 13.4. The highest BCUT2D eigenvalue weighted by atomic mass is 19.1. The number of carbonyl (C=O) groups is 1. The van der Waals surface area contributed by atoms with Crippen molar-refractivity contribution in [2.24, 2.45) is 0 Å². The largest absolute Gasteiger partial charge is 0.338 e. The molecule has 0 atom stereocenters. The Bertz CT molecular complexity index is 1060. The van der Waals surface area contributed by atoms with E-state index in [0.29, 0.717) is 34.9 Å². The molecule has 0 spiro atoms. The number of H-pyrrole nitrogens is 1. The lowest BCUT2D eigenvalue weighted by atomic mass is 10.1. The van der Waals surface area contributed by atoms with Crippen LogP contribution in [0.5, 0.6) is 0 Å². The molecule has 2 aromatic heterocycles. The van der Waals surface area contributed by atoms with Crippen LogP contribution in [0.4, 0.5) is 10.3 Å². The topological polar surface area (TPSA) is 83.6 Å². The van der Waals surface area contributed by atoms with Gasteiger partial charge in [-0.1, -0.05) is 30.3 Å². The Kier molecular flexibility index (Phi) is 3.81. The zero-order valence-corrected chi connectivity index (χ0v) is 13.2. The first kappa shape index (κ1) is 15.2. The molecule has 0 aliphatic carbocycles. The number of anilines is 1. The molecular formula is C18H14FN5O. The number of benzene rings is 2. The molecule has 0 saturated heterocycles. The molecule has 0 unspecified atom stereocenters. The van der Waals surface area contributed by atoms with Gasteiger partial charge in [-0.3, -0.25) is 10.1 Å². The summed E-state index contributed by atoms with van der Waals surface area (Å²) in [4.78, 5) is 19.4. The van der Waals surface area contributed by atoms with Crippen LogP contribution in [0.2, 0.25) is 0 Å². The van der Waals surface area contributed by atoms with Crippen molar-refractivity contribution in [1.29, 1.82) is 0 Å². The van der Waals surface area contributed by atoms with Crippen molar-refractivity contribution < 1.29 is 9.18 Å². The Hall–Kier alpha value is -3.35. The maximum Gasteiger partial charge on any atom is 0.251 e. The Balaban J connectivity index is 1.51. The van der Waals surface area contributed by atoms with Gasteiger partial charge in [-0.2, -0.15) is 4.98 Å². The Labute approximate surface area is 142 Å². The van der Waals surface area contributed by atoms with Crippen LogP contribution in [0, 0.1) is 5.82 Å². The molecule has 0 aliphatic heterocycles. The van der Waals surface area contributed by atoms with Crippen molar-refractivity contribution in [3.63, 3.8) is 0 Å². The van der Waals surface area contributed by atoms with Gasteiger partial charge in [0.2, 0.25) is 5.91 Å². The first-order valence-corrected chi connectivity index (χ1v) is 7.84. The van der Waals surface area contributed by atoms with Gasteiger partial charge in [-0.15, -0.1) is 10.2 Å². The fourth-order valence-electron chi connectivity index (χ4n) is 2.69. The first-order valence-electron chi connectivity index (χ1n) is 7.84. The summed E-state index contributed by atoms with van der Waals surface area (Å²) in [6.45, 7) is 0. The number of hydrogen-bond donors (Lipinski definition) is 2. The number of aromatic nitrogens is 4. The molecule has 0 saturated carbocycles. The zero-order chi connectivity index (χ0) is 17.2. The summed E-state index contributed by atoms with van der Waals surface area (Å²) >= 11 is 0. The third-order valence-electron chi connectivity index (χ3n) is 3.91. The second-order valence-electron chi connectivity index (χ2n) is 5.68. The fourth-order valence-corrected chi connectivity index (χ4v) is 2.69. The molecule has 1 amide bonds. The van der Waals surface area contributed by atoms with E-state index in [-0.39, 0.29) is 17.7 Å². The van der Waals surface area contributed by atoms with Crippen molar-refractivity contribution in [3.05, 3.63) is 59.9 Å². The standard InChI is InChI=1S/C18H14FN5O/c19-12-7-8-14-13(10-12)16-17(20-14)22-18(24-23-16)21-15(25)9-6-11-4-2-1-3-5-11/h1-5,7-8,10H,6,9H2,(H2,20,21,22,24,25). The van der Waals surface area contributed by atoms with E-state index in [1.54, 1.807) is 6.07 Å². The number of rotatable bonds is 4. The number of nitrogens with zero attached hydrogens (tertiary/aromatic N) is 3. The lowest BCUT2D eigenvalue weighted by Gasteiger charge is -2.03. The van der Waals surface area contributed by atoms with Crippen molar-refractivity contribution >= 4 is 33.9 Å². The van der Waals surface area contributed by atoms with Gasteiger partial charge >= 0.3 is 0 Å². The number of aromatic amines is 1. The summed E-state index contributed by atoms with van der Waals surface area (Å²) < 4.78 is 13.4. The normalized spacial score (nSPS) is 11.1. The molecule has 4 aromatic rings. The molecule has 6 nitrogen and oxygen atoms in total. The highest BCUT2D eigenvalue weighted by Crippen LogP contribution is 2.23. The number of hydrogen-bond acceptors (Lipinski definition) is 4. The third kappa shape index (κ3) is 3.16. The van der Waals surface area contributed by atoms with Crippen LogP contribution in [0.3, 0.4) is 0 Å². The first-order chi connectivity index (χ1) is 12.2. The highest BCUT2D eigenvalue weighted by molar-refractivity contribution is 6.03. The number of carbonyl (C=O) groups excluding carboxylic acids is 1. The quantitative estimate of drug-likeness (QED) is 0.600. The van der Waals surface area contributed by atoms with E-state index in [2.05, 4.69) is 25.5 Å². The van der Waals surface area contributed by atoms with Crippen LogP contribution in [0.25, 0.3) is 22.1 Å². The minimum Gasteiger partial charge on any atom is -0.338 e. The molecule has 0 aliphatic rings. The van der Waals surface area contributed by atoms with E-state index in [1.807, 2.05) is 30.3 Å². The predicted molar refractivity (Wildman–Crippen MR) is 92.5 cm³/mol. The predicted octanol–water partition coefficient (Wildman–Crippen LogP) is 3.22. The minimum absolute atomic E-state index is 0.123. The van der Waals surface area contributed by atoms with Gasteiger partial charge in [-0.25, -0.2) is 4.39 Å². The van der Waals surface area contributed by atoms with Gasteiger partial charge in [0.25, 0.3) is 5.95 Å². The van der Waals surface area contributed by atoms with Crippen LogP contribution < -0.4 is 5.32 Å². The summed E-state index contributed by atoms with van der Waals surface area (Å²) in [6, 6.07) is 14.1. The average Bonchev–Trinajstić information content (AvgIpc) is 2.98.